The number of aliphatic carboxylic acids is 1. The monoisotopic (exact) mass is 185 g/mol. The van der Waals surface area contributed by atoms with Crippen molar-refractivity contribution in [1.82, 2.24) is 0 Å². The van der Waals surface area contributed by atoms with Crippen LogP contribution in [0.1, 0.15) is 44.9 Å². The van der Waals surface area contributed by atoms with Gasteiger partial charge in [0.15, 0.2) is 0 Å². The van der Waals surface area contributed by atoms with Crippen molar-refractivity contribution in [3.8, 4) is 0 Å². The summed E-state index contributed by atoms with van der Waals surface area (Å²) < 4.78 is 0. The van der Waals surface area contributed by atoms with Crippen molar-refractivity contribution in [2.24, 2.45) is 11.7 Å². The van der Waals surface area contributed by atoms with Gasteiger partial charge in [0, 0.05) is 6.04 Å². The van der Waals surface area contributed by atoms with Gasteiger partial charge < -0.3 is 10.8 Å². The quantitative estimate of drug-likeness (QED) is 0.658. The van der Waals surface area contributed by atoms with Crippen molar-refractivity contribution >= 4 is 5.97 Å². The standard InChI is InChI=1S/C10H19NO2/c11-9(7-10(12)13)8-5-3-1-2-4-6-8/h8-9H,1-7,11H2,(H,12,13)/t9-/m0/s1. The van der Waals surface area contributed by atoms with Crippen molar-refractivity contribution in [2.75, 3.05) is 0 Å². The Hall–Kier alpha value is -0.570. The Morgan fingerprint density at radius 1 is 1.31 bits per heavy atom. The second kappa shape index (κ2) is 5.22. The number of hydrogen-bond acceptors (Lipinski definition) is 2. The summed E-state index contributed by atoms with van der Waals surface area (Å²) in [6.45, 7) is 0. The zero-order valence-electron chi connectivity index (χ0n) is 8.04. The molecule has 0 heterocycles. The SMILES string of the molecule is N[C@@H](CC(=O)O)C1CCCCCC1. The fourth-order valence-corrected chi connectivity index (χ4v) is 2.11. The summed E-state index contributed by atoms with van der Waals surface area (Å²) in [6, 6.07) is -0.129. The molecule has 0 aliphatic heterocycles. The molecule has 1 atom stereocenters. The predicted octanol–water partition coefficient (Wildman–Crippen LogP) is 1.76. The first-order valence-electron chi connectivity index (χ1n) is 5.17. The van der Waals surface area contributed by atoms with E-state index >= 15 is 0 Å². The molecule has 1 fully saturated rings. The van der Waals surface area contributed by atoms with Crippen molar-refractivity contribution in [3.05, 3.63) is 0 Å². The maximum atomic E-state index is 10.5. The van der Waals surface area contributed by atoms with E-state index in [-0.39, 0.29) is 12.5 Å². The van der Waals surface area contributed by atoms with Crippen LogP contribution in [0.25, 0.3) is 0 Å². The van der Waals surface area contributed by atoms with E-state index in [2.05, 4.69) is 0 Å². The highest BCUT2D eigenvalue weighted by atomic mass is 16.4. The summed E-state index contributed by atoms with van der Waals surface area (Å²) in [5.74, 6) is -0.324. The molecule has 0 aromatic carbocycles. The molecular formula is C10H19NO2. The van der Waals surface area contributed by atoms with Gasteiger partial charge in [-0.05, 0) is 18.8 Å². The largest absolute Gasteiger partial charge is 0.481 e. The molecule has 0 bridgehead atoms. The van der Waals surface area contributed by atoms with Gasteiger partial charge in [0.2, 0.25) is 0 Å². The van der Waals surface area contributed by atoms with Crippen LogP contribution in [0.4, 0.5) is 0 Å². The maximum absolute atomic E-state index is 10.5. The molecule has 76 valence electrons. The summed E-state index contributed by atoms with van der Waals surface area (Å²) in [5.41, 5.74) is 5.84. The fourth-order valence-electron chi connectivity index (χ4n) is 2.11. The molecule has 1 rings (SSSR count). The Bertz CT molecular complexity index is 162. The van der Waals surface area contributed by atoms with E-state index in [4.69, 9.17) is 10.8 Å². The number of hydrogen-bond donors (Lipinski definition) is 2. The van der Waals surface area contributed by atoms with Gasteiger partial charge in [-0.3, -0.25) is 4.79 Å². The Morgan fingerprint density at radius 2 is 1.85 bits per heavy atom. The molecule has 0 amide bonds. The van der Waals surface area contributed by atoms with Crippen molar-refractivity contribution < 1.29 is 9.90 Å². The molecule has 3 heteroatoms. The van der Waals surface area contributed by atoms with Gasteiger partial charge in [-0.15, -0.1) is 0 Å². The number of nitrogens with two attached hydrogens (primary N) is 1. The highest BCUT2D eigenvalue weighted by Gasteiger charge is 2.21. The average molecular weight is 185 g/mol. The van der Waals surface area contributed by atoms with E-state index in [0.29, 0.717) is 5.92 Å². The molecule has 0 aromatic heterocycles. The van der Waals surface area contributed by atoms with E-state index in [9.17, 15) is 4.79 Å². The molecule has 1 aliphatic carbocycles. The smallest absolute Gasteiger partial charge is 0.304 e. The summed E-state index contributed by atoms with van der Waals surface area (Å²) >= 11 is 0. The third-order valence-corrected chi connectivity index (χ3v) is 2.92. The number of carboxylic acid groups (broad SMARTS) is 1. The lowest BCUT2D eigenvalue weighted by molar-refractivity contribution is -0.137. The molecule has 0 spiro atoms. The summed E-state index contributed by atoms with van der Waals surface area (Å²) in [5, 5.41) is 8.60. The number of carboxylic acids is 1. The van der Waals surface area contributed by atoms with Crippen molar-refractivity contribution in [1.29, 1.82) is 0 Å². The van der Waals surface area contributed by atoms with Crippen LogP contribution in [0.2, 0.25) is 0 Å². The second-order valence-electron chi connectivity index (χ2n) is 4.01. The van der Waals surface area contributed by atoms with E-state index in [1.807, 2.05) is 0 Å². The number of carbonyl (C=O) groups is 1. The van der Waals surface area contributed by atoms with Gasteiger partial charge in [-0.2, -0.15) is 0 Å². The van der Waals surface area contributed by atoms with Crippen LogP contribution >= 0.6 is 0 Å². The van der Waals surface area contributed by atoms with Gasteiger partial charge in [-0.25, -0.2) is 0 Å². The summed E-state index contributed by atoms with van der Waals surface area (Å²) in [4.78, 5) is 10.5. The highest BCUT2D eigenvalue weighted by Crippen LogP contribution is 2.25. The minimum absolute atomic E-state index is 0.129. The Kier molecular flexibility index (Phi) is 4.22. The van der Waals surface area contributed by atoms with Gasteiger partial charge in [0.1, 0.15) is 0 Å². The topological polar surface area (TPSA) is 63.3 Å². The molecule has 1 aliphatic rings. The summed E-state index contributed by atoms with van der Waals surface area (Å²) in [7, 11) is 0. The van der Waals surface area contributed by atoms with Gasteiger partial charge in [-0.1, -0.05) is 25.7 Å². The first-order valence-corrected chi connectivity index (χ1v) is 5.17. The molecule has 0 unspecified atom stereocenters. The zero-order valence-corrected chi connectivity index (χ0v) is 8.04. The first kappa shape index (κ1) is 10.5. The zero-order chi connectivity index (χ0) is 9.68. The third kappa shape index (κ3) is 3.77. The molecular weight excluding hydrogens is 166 g/mol. The summed E-state index contributed by atoms with van der Waals surface area (Å²) in [6.07, 6.45) is 7.39. The number of rotatable bonds is 3. The first-order chi connectivity index (χ1) is 6.20. The van der Waals surface area contributed by atoms with E-state index in [0.717, 1.165) is 12.8 Å². The third-order valence-electron chi connectivity index (χ3n) is 2.92. The minimum Gasteiger partial charge on any atom is -0.481 e. The Morgan fingerprint density at radius 3 is 2.31 bits per heavy atom. The Balaban J connectivity index is 2.34. The van der Waals surface area contributed by atoms with Crippen LogP contribution in [0, 0.1) is 5.92 Å². The van der Waals surface area contributed by atoms with Crippen LogP contribution < -0.4 is 5.73 Å². The van der Waals surface area contributed by atoms with Crippen LogP contribution in [0.3, 0.4) is 0 Å². The molecule has 0 saturated heterocycles. The molecule has 13 heavy (non-hydrogen) atoms. The van der Waals surface area contributed by atoms with E-state index in [1.54, 1.807) is 0 Å². The van der Waals surface area contributed by atoms with E-state index < -0.39 is 5.97 Å². The van der Waals surface area contributed by atoms with Gasteiger partial charge in [0.25, 0.3) is 0 Å². The normalized spacial score (nSPS) is 22.2. The lowest BCUT2D eigenvalue weighted by Crippen LogP contribution is -2.32. The van der Waals surface area contributed by atoms with Crippen LogP contribution in [0.5, 0.6) is 0 Å². The average Bonchev–Trinajstić information content (AvgIpc) is 2.29. The maximum Gasteiger partial charge on any atom is 0.304 e. The minimum atomic E-state index is -0.767. The predicted molar refractivity (Wildman–Crippen MR) is 51.4 cm³/mol. The molecule has 1 saturated carbocycles. The fraction of sp³-hybridized carbons (Fsp3) is 0.900. The van der Waals surface area contributed by atoms with Gasteiger partial charge >= 0.3 is 5.97 Å². The molecule has 3 N–H and O–H groups in total. The van der Waals surface area contributed by atoms with Crippen LogP contribution in [-0.4, -0.2) is 17.1 Å². The second-order valence-corrected chi connectivity index (χ2v) is 4.01. The molecule has 0 radical (unpaired) electrons. The van der Waals surface area contributed by atoms with E-state index in [1.165, 1.54) is 25.7 Å². The van der Waals surface area contributed by atoms with Crippen molar-refractivity contribution in [2.45, 2.75) is 51.0 Å². The van der Waals surface area contributed by atoms with Crippen molar-refractivity contribution in [3.63, 3.8) is 0 Å². The highest BCUT2D eigenvalue weighted by molar-refractivity contribution is 5.67. The van der Waals surface area contributed by atoms with Gasteiger partial charge in [0.05, 0.1) is 6.42 Å². The molecule has 3 nitrogen and oxygen atoms in total. The molecule has 0 aromatic rings. The van der Waals surface area contributed by atoms with Crippen LogP contribution in [0.15, 0.2) is 0 Å². The van der Waals surface area contributed by atoms with Crippen LogP contribution in [-0.2, 0) is 4.79 Å². The Labute approximate surface area is 79.3 Å². The lowest BCUT2D eigenvalue weighted by atomic mass is 9.90. The lowest BCUT2D eigenvalue weighted by Gasteiger charge is -2.20.